The monoisotopic (exact) mass is 264 g/mol. The highest BCUT2D eigenvalue weighted by Gasteiger charge is 2.40. The van der Waals surface area contributed by atoms with E-state index < -0.39 is 0 Å². The Labute approximate surface area is 119 Å². The largest absolute Gasteiger partial charge is 0.319 e. The molecule has 1 aliphatic heterocycles. The zero-order valence-corrected chi connectivity index (χ0v) is 12.8. The van der Waals surface area contributed by atoms with Crippen LogP contribution in [0.3, 0.4) is 0 Å². The number of nitrogens with one attached hydrogen (secondary N) is 1. The predicted octanol–water partition coefficient (Wildman–Crippen LogP) is 3.42. The van der Waals surface area contributed by atoms with Crippen molar-refractivity contribution in [2.75, 3.05) is 26.7 Å². The first-order chi connectivity index (χ1) is 9.33. The minimum atomic E-state index is 0.605. The molecule has 0 spiro atoms. The van der Waals surface area contributed by atoms with Gasteiger partial charge >= 0.3 is 0 Å². The number of hydrogen-bond donors (Lipinski definition) is 1. The molecular weight excluding hydrogens is 232 g/mol. The Hall–Kier alpha value is -0.0800. The van der Waals surface area contributed by atoms with Crippen molar-refractivity contribution in [2.45, 2.75) is 70.3 Å². The summed E-state index contributed by atoms with van der Waals surface area (Å²) >= 11 is 0. The highest BCUT2D eigenvalue weighted by atomic mass is 15.2. The van der Waals surface area contributed by atoms with Crippen LogP contribution in [0.1, 0.15) is 64.2 Å². The zero-order chi connectivity index (χ0) is 13.1. The summed E-state index contributed by atoms with van der Waals surface area (Å²) in [5, 5.41) is 3.49. The van der Waals surface area contributed by atoms with Gasteiger partial charge < -0.3 is 5.32 Å². The van der Waals surface area contributed by atoms with E-state index in [-0.39, 0.29) is 0 Å². The van der Waals surface area contributed by atoms with Gasteiger partial charge in [0, 0.05) is 19.1 Å². The van der Waals surface area contributed by atoms with Gasteiger partial charge in [-0.15, -0.1) is 0 Å². The maximum absolute atomic E-state index is 3.49. The van der Waals surface area contributed by atoms with E-state index in [1.54, 1.807) is 0 Å². The number of likely N-dealkylation sites (tertiary alicyclic amines) is 1. The van der Waals surface area contributed by atoms with Crippen LogP contribution in [0.15, 0.2) is 0 Å². The standard InChI is InChI=1S/C17H32N2/c1-18-13-17(10-4-5-11-17)14-19-12-6-8-15-7-2-3-9-16(15)19/h15-16,18H,2-14H2,1H3/t15-,16-/m1/s1. The SMILES string of the molecule is CNCC1(CN2CCC[C@H]3CCCC[C@H]32)CCCC1. The van der Waals surface area contributed by atoms with Crippen molar-refractivity contribution in [1.29, 1.82) is 0 Å². The molecule has 2 heteroatoms. The molecule has 3 fully saturated rings. The van der Waals surface area contributed by atoms with E-state index in [2.05, 4.69) is 17.3 Å². The van der Waals surface area contributed by atoms with Crippen LogP contribution in [-0.2, 0) is 0 Å². The molecule has 3 rings (SSSR count). The van der Waals surface area contributed by atoms with Crippen LogP contribution in [0, 0.1) is 11.3 Å². The van der Waals surface area contributed by atoms with Gasteiger partial charge in [0.25, 0.3) is 0 Å². The minimum Gasteiger partial charge on any atom is -0.319 e. The summed E-state index contributed by atoms with van der Waals surface area (Å²) in [7, 11) is 2.14. The molecule has 1 saturated heterocycles. The summed E-state index contributed by atoms with van der Waals surface area (Å²) in [5.41, 5.74) is 0.605. The van der Waals surface area contributed by atoms with Crippen molar-refractivity contribution in [3.8, 4) is 0 Å². The molecule has 2 atom stereocenters. The third-order valence-corrected chi connectivity index (χ3v) is 6.11. The molecule has 2 nitrogen and oxygen atoms in total. The van der Waals surface area contributed by atoms with Crippen molar-refractivity contribution in [3.63, 3.8) is 0 Å². The third-order valence-electron chi connectivity index (χ3n) is 6.11. The molecule has 0 amide bonds. The Balaban J connectivity index is 1.66. The van der Waals surface area contributed by atoms with Gasteiger partial charge in [0.15, 0.2) is 0 Å². The van der Waals surface area contributed by atoms with Gasteiger partial charge in [-0.2, -0.15) is 0 Å². The van der Waals surface area contributed by atoms with Crippen molar-refractivity contribution < 1.29 is 0 Å². The van der Waals surface area contributed by atoms with Crippen LogP contribution in [0.5, 0.6) is 0 Å². The second kappa shape index (κ2) is 6.13. The maximum atomic E-state index is 3.49. The molecule has 0 aromatic heterocycles. The molecule has 0 bridgehead atoms. The smallest absolute Gasteiger partial charge is 0.0124 e. The Bertz CT molecular complexity index is 281. The third kappa shape index (κ3) is 3.00. The minimum absolute atomic E-state index is 0.605. The fourth-order valence-corrected chi connectivity index (χ4v) is 5.25. The molecular formula is C17H32N2. The average molecular weight is 264 g/mol. The van der Waals surface area contributed by atoms with Gasteiger partial charge in [-0.05, 0) is 63.5 Å². The van der Waals surface area contributed by atoms with Crippen LogP contribution >= 0.6 is 0 Å². The summed E-state index contributed by atoms with van der Waals surface area (Å²) in [6.45, 7) is 4.00. The number of piperidine rings is 1. The first-order valence-electron chi connectivity index (χ1n) is 8.72. The summed E-state index contributed by atoms with van der Waals surface area (Å²) in [6.07, 6.45) is 14.8. The van der Waals surface area contributed by atoms with Crippen molar-refractivity contribution in [3.05, 3.63) is 0 Å². The Morgan fingerprint density at radius 2 is 1.74 bits per heavy atom. The second-order valence-corrected chi connectivity index (χ2v) is 7.46. The maximum Gasteiger partial charge on any atom is 0.0124 e. The van der Waals surface area contributed by atoms with Gasteiger partial charge in [0.05, 0.1) is 0 Å². The zero-order valence-electron chi connectivity index (χ0n) is 12.8. The number of nitrogens with zero attached hydrogens (tertiary/aromatic N) is 1. The van der Waals surface area contributed by atoms with E-state index in [9.17, 15) is 0 Å². The molecule has 0 aromatic rings. The normalized spacial score (nSPS) is 35.2. The van der Waals surface area contributed by atoms with E-state index in [4.69, 9.17) is 0 Å². The molecule has 0 radical (unpaired) electrons. The van der Waals surface area contributed by atoms with E-state index in [0.29, 0.717) is 5.41 Å². The number of hydrogen-bond acceptors (Lipinski definition) is 2. The summed E-state index contributed by atoms with van der Waals surface area (Å²) in [6, 6.07) is 0.942. The Morgan fingerprint density at radius 3 is 2.53 bits per heavy atom. The highest BCUT2D eigenvalue weighted by molar-refractivity contribution is 4.94. The fraction of sp³-hybridized carbons (Fsp3) is 1.00. The first-order valence-corrected chi connectivity index (χ1v) is 8.72. The van der Waals surface area contributed by atoms with Crippen molar-refractivity contribution in [1.82, 2.24) is 10.2 Å². The van der Waals surface area contributed by atoms with Gasteiger partial charge in [0.1, 0.15) is 0 Å². The average Bonchev–Trinajstić information content (AvgIpc) is 2.88. The van der Waals surface area contributed by atoms with Crippen molar-refractivity contribution >= 4 is 0 Å². The first kappa shape index (κ1) is 13.9. The fourth-order valence-electron chi connectivity index (χ4n) is 5.25. The van der Waals surface area contributed by atoms with Gasteiger partial charge in [-0.1, -0.05) is 25.7 Å². The lowest BCUT2D eigenvalue weighted by atomic mass is 9.76. The van der Waals surface area contributed by atoms with E-state index in [1.807, 2.05) is 0 Å². The lowest BCUT2D eigenvalue weighted by molar-refractivity contribution is 0.0249. The lowest BCUT2D eigenvalue weighted by Crippen LogP contribution is -2.52. The molecule has 0 unspecified atom stereocenters. The van der Waals surface area contributed by atoms with Crippen LogP contribution < -0.4 is 5.32 Å². The molecule has 2 aliphatic carbocycles. The predicted molar refractivity (Wildman–Crippen MR) is 81.4 cm³/mol. The Kier molecular flexibility index (Phi) is 4.48. The summed E-state index contributed by atoms with van der Waals surface area (Å²) < 4.78 is 0. The van der Waals surface area contributed by atoms with Gasteiger partial charge in [-0.25, -0.2) is 0 Å². The summed E-state index contributed by atoms with van der Waals surface area (Å²) in [4.78, 5) is 2.91. The second-order valence-electron chi connectivity index (χ2n) is 7.46. The van der Waals surface area contributed by atoms with E-state index >= 15 is 0 Å². The van der Waals surface area contributed by atoms with E-state index in [0.717, 1.165) is 12.0 Å². The lowest BCUT2D eigenvalue weighted by Gasteiger charge is -2.47. The van der Waals surface area contributed by atoms with Crippen LogP contribution in [0.4, 0.5) is 0 Å². The molecule has 110 valence electrons. The highest BCUT2D eigenvalue weighted by Crippen LogP contribution is 2.42. The van der Waals surface area contributed by atoms with Gasteiger partial charge in [0.2, 0.25) is 0 Å². The molecule has 2 saturated carbocycles. The quantitative estimate of drug-likeness (QED) is 0.837. The van der Waals surface area contributed by atoms with Gasteiger partial charge in [-0.3, -0.25) is 4.90 Å². The van der Waals surface area contributed by atoms with Crippen LogP contribution in [0.2, 0.25) is 0 Å². The topological polar surface area (TPSA) is 15.3 Å². The number of fused-ring (bicyclic) bond motifs is 1. The van der Waals surface area contributed by atoms with Crippen LogP contribution in [0.25, 0.3) is 0 Å². The molecule has 1 N–H and O–H groups in total. The molecule has 19 heavy (non-hydrogen) atoms. The van der Waals surface area contributed by atoms with E-state index in [1.165, 1.54) is 83.8 Å². The molecule has 3 aliphatic rings. The summed E-state index contributed by atoms with van der Waals surface area (Å²) in [5.74, 6) is 1.04. The molecule has 0 aromatic carbocycles. The van der Waals surface area contributed by atoms with Crippen molar-refractivity contribution in [2.24, 2.45) is 11.3 Å². The molecule has 1 heterocycles. The Morgan fingerprint density at radius 1 is 1.00 bits per heavy atom. The number of rotatable bonds is 4. The van der Waals surface area contributed by atoms with Crippen LogP contribution in [-0.4, -0.2) is 37.6 Å².